The summed E-state index contributed by atoms with van der Waals surface area (Å²) in [5.41, 5.74) is -0.618. The molecule has 0 amide bonds. The number of unbranched alkanes of at least 4 members (excludes halogenated alkanes) is 3. The number of hydrogen-bond donors (Lipinski definition) is 0. The van der Waals surface area contributed by atoms with Crippen molar-refractivity contribution in [3.8, 4) is 0 Å². The second-order valence-electron chi connectivity index (χ2n) is 5.35. The Balaban J connectivity index is 2.64. The van der Waals surface area contributed by atoms with Crippen LogP contribution in [0.3, 0.4) is 0 Å². The third kappa shape index (κ3) is 3.46. The molecule has 19 heavy (non-hydrogen) atoms. The Morgan fingerprint density at radius 1 is 1.16 bits per heavy atom. The van der Waals surface area contributed by atoms with Crippen LogP contribution in [0.2, 0.25) is 0 Å². The van der Waals surface area contributed by atoms with E-state index in [1.54, 1.807) is 0 Å². The van der Waals surface area contributed by atoms with Crippen molar-refractivity contribution < 1.29 is 14.3 Å². The number of ether oxygens (including phenoxy) is 1. The van der Waals surface area contributed by atoms with Gasteiger partial charge >= 0.3 is 11.9 Å². The van der Waals surface area contributed by atoms with Crippen LogP contribution in [0, 0.1) is 11.3 Å². The summed E-state index contributed by atoms with van der Waals surface area (Å²) in [6.45, 7) is 6.09. The van der Waals surface area contributed by atoms with Gasteiger partial charge in [-0.25, -0.2) is 0 Å². The topological polar surface area (TPSA) is 43.4 Å². The van der Waals surface area contributed by atoms with Gasteiger partial charge in [0, 0.05) is 0 Å². The van der Waals surface area contributed by atoms with Crippen molar-refractivity contribution in [3.05, 3.63) is 12.2 Å². The Kier molecular flexibility index (Phi) is 6.26. The van der Waals surface area contributed by atoms with Gasteiger partial charge in [-0.2, -0.15) is 0 Å². The molecule has 1 heterocycles. The Morgan fingerprint density at radius 3 is 2.47 bits per heavy atom. The molecule has 0 spiro atoms. The molecule has 0 saturated carbocycles. The summed E-state index contributed by atoms with van der Waals surface area (Å²) >= 11 is 0. The Labute approximate surface area is 116 Å². The van der Waals surface area contributed by atoms with E-state index in [4.69, 9.17) is 4.74 Å². The minimum atomic E-state index is -0.618. The van der Waals surface area contributed by atoms with Crippen LogP contribution in [0.5, 0.6) is 0 Å². The lowest BCUT2D eigenvalue weighted by Gasteiger charge is -2.26. The molecule has 3 heteroatoms. The van der Waals surface area contributed by atoms with E-state index in [2.05, 4.69) is 19.1 Å². The van der Waals surface area contributed by atoms with E-state index in [9.17, 15) is 9.59 Å². The molecule has 0 aliphatic carbocycles. The predicted octanol–water partition coefficient (Wildman–Crippen LogP) is 4.02. The molecule has 0 aromatic heterocycles. The highest BCUT2D eigenvalue weighted by Crippen LogP contribution is 2.44. The van der Waals surface area contributed by atoms with Gasteiger partial charge in [0.25, 0.3) is 0 Å². The van der Waals surface area contributed by atoms with Crippen molar-refractivity contribution >= 4 is 11.9 Å². The van der Waals surface area contributed by atoms with E-state index in [1.807, 2.05) is 13.8 Å². The number of rotatable bonds is 8. The molecule has 0 aromatic carbocycles. The van der Waals surface area contributed by atoms with E-state index in [0.717, 1.165) is 6.42 Å². The third-order valence-electron chi connectivity index (χ3n) is 4.21. The maximum atomic E-state index is 12.0. The number of allylic oxidation sites excluding steroid dienone is 2. The predicted molar refractivity (Wildman–Crippen MR) is 75.5 cm³/mol. The van der Waals surface area contributed by atoms with Gasteiger partial charge in [-0.3, -0.25) is 9.59 Å². The molecule has 0 bridgehead atoms. The minimum Gasteiger partial charge on any atom is -0.392 e. The lowest BCUT2D eigenvalue weighted by molar-refractivity contribution is -0.155. The zero-order valence-corrected chi connectivity index (χ0v) is 12.4. The van der Waals surface area contributed by atoms with Gasteiger partial charge in [0.15, 0.2) is 0 Å². The summed E-state index contributed by atoms with van der Waals surface area (Å²) in [5.74, 6) is -0.941. The van der Waals surface area contributed by atoms with Crippen LogP contribution >= 0.6 is 0 Å². The van der Waals surface area contributed by atoms with Crippen LogP contribution in [-0.2, 0) is 14.3 Å². The molecule has 3 nitrogen and oxygen atoms in total. The van der Waals surface area contributed by atoms with E-state index >= 15 is 0 Å². The maximum Gasteiger partial charge on any atom is 0.320 e. The van der Waals surface area contributed by atoms with Crippen molar-refractivity contribution in [3.63, 3.8) is 0 Å². The Hall–Kier alpha value is -1.12. The zero-order chi connectivity index (χ0) is 14.3. The number of carbonyl (C=O) groups is 2. The highest BCUT2D eigenvalue weighted by Gasteiger charge is 2.54. The summed E-state index contributed by atoms with van der Waals surface area (Å²) in [6, 6.07) is 0. The molecular weight excluding hydrogens is 240 g/mol. The van der Waals surface area contributed by atoms with Crippen LogP contribution in [0.25, 0.3) is 0 Å². The molecule has 1 aliphatic rings. The smallest absolute Gasteiger partial charge is 0.320 e. The molecule has 0 radical (unpaired) electrons. The Bertz CT molecular complexity index is 346. The molecule has 108 valence electrons. The van der Waals surface area contributed by atoms with E-state index in [-0.39, 0.29) is 17.9 Å². The molecule has 1 rings (SSSR count). The lowest BCUT2D eigenvalue weighted by atomic mass is 9.71. The molecular formula is C16H26O3. The fourth-order valence-electron chi connectivity index (χ4n) is 2.87. The van der Waals surface area contributed by atoms with Crippen molar-refractivity contribution in [2.75, 3.05) is 0 Å². The number of carbonyl (C=O) groups excluding carboxylic acids is 2. The van der Waals surface area contributed by atoms with Gasteiger partial charge in [0.2, 0.25) is 0 Å². The van der Waals surface area contributed by atoms with Gasteiger partial charge in [0.1, 0.15) is 0 Å². The maximum absolute atomic E-state index is 12.0. The summed E-state index contributed by atoms with van der Waals surface area (Å²) in [7, 11) is 0. The molecule has 2 unspecified atom stereocenters. The summed E-state index contributed by atoms with van der Waals surface area (Å²) in [6.07, 6.45) is 10.8. The SMILES string of the molecule is CCCCCC=CCC1(CC)C(=O)OC(=O)C1CC. The zero-order valence-electron chi connectivity index (χ0n) is 12.4. The first-order valence-corrected chi connectivity index (χ1v) is 7.53. The normalized spacial score (nSPS) is 27.2. The molecule has 1 aliphatic heterocycles. The van der Waals surface area contributed by atoms with Crippen LogP contribution in [0.1, 0.15) is 65.7 Å². The number of hydrogen-bond acceptors (Lipinski definition) is 3. The largest absolute Gasteiger partial charge is 0.392 e. The number of cyclic esters (lactones) is 2. The van der Waals surface area contributed by atoms with Crippen LogP contribution < -0.4 is 0 Å². The van der Waals surface area contributed by atoms with Crippen LogP contribution in [-0.4, -0.2) is 11.9 Å². The number of esters is 2. The lowest BCUT2D eigenvalue weighted by Crippen LogP contribution is -2.32. The molecule has 0 aromatic rings. The standard InChI is InChI=1S/C16H26O3/c1-4-7-8-9-10-11-12-16(6-3)13(5-2)14(17)19-15(16)18/h10-11,13H,4-9,12H2,1-3H3. The molecule has 1 saturated heterocycles. The molecule has 0 N–H and O–H groups in total. The minimum absolute atomic E-state index is 0.273. The van der Waals surface area contributed by atoms with Gasteiger partial charge in [-0.1, -0.05) is 45.8 Å². The first-order chi connectivity index (χ1) is 9.12. The molecule has 1 fully saturated rings. The first kappa shape index (κ1) is 15.9. The fraction of sp³-hybridized carbons (Fsp3) is 0.750. The van der Waals surface area contributed by atoms with Crippen molar-refractivity contribution in [2.24, 2.45) is 11.3 Å². The summed E-state index contributed by atoms with van der Waals surface area (Å²) in [5, 5.41) is 0. The fourth-order valence-corrected chi connectivity index (χ4v) is 2.87. The summed E-state index contributed by atoms with van der Waals surface area (Å²) in [4.78, 5) is 23.7. The second-order valence-corrected chi connectivity index (χ2v) is 5.35. The summed E-state index contributed by atoms with van der Waals surface area (Å²) < 4.78 is 4.86. The van der Waals surface area contributed by atoms with E-state index in [0.29, 0.717) is 19.3 Å². The van der Waals surface area contributed by atoms with Gasteiger partial charge in [-0.05, 0) is 32.1 Å². The third-order valence-corrected chi connectivity index (χ3v) is 4.21. The monoisotopic (exact) mass is 266 g/mol. The van der Waals surface area contributed by atoms with E-state index < -0.39 is 5.41 Å². The van der Waals surface area contributed by atoms with Gasteiger partial charge in [-0.15, -0.1) is 0 Å². The van der Waals surface area contributed by atoms with Crippen LogP contribution in [0.15, 0.2) is 12.2 Å². The van der Waals surface area contributed by atoms with Crippen molar-refractivity contribution in [2.45, 2.75) is 65.7 Å². The van der Waals surface area contributed by atoms with Crippen molar-refractivity contribution in [1.82, 2.24) is 0 Å². The van der Waals surface area contributed by atoms with Gasteiger partial charge < -0.3 is 4.74 Å². The average molecular weight is 266 g/mol. The molecule has 2 atom stereocenters. The highest BCUT2D eigenvalue weighted by atomic mass is 16.6. The van der Waals surface area contributed by atoms with Gasteiger partial charge in [0.05, 0.1) is 11.3 Å². The van der Waals surface area contributed by atoms with Crippen LogP contribution in [0.4, 0.5) is 0 Å². The average Bonchev–Trinajstić information content (AvgIpc) is 2.64. The first-order valence-electron chi connectivity index (χ1n) is 7.53. The Morgan fingerprint density at radius 2 is 1.89 bits per heavy atom. The quantitative estimate of drug-likeness (QED) is 0.288. The highest BCUT2D eigenvalue weighted by molar-refractivity contribution is 5.99. The second kappa shape index (κ2) is 7.46. The van der Waals surface area contributed by atoms with Crippen molar-refractivity contribution in [1.29, 1.82) is 0 Å². The van der Waals surface area contributed by atoms with E-state index in [1.165, 1.54) is 19.3 Å².